The molecule has 0 radical (unpaired) electrons. The predicted molar refractivity (Wildman–Crippen MR) is 129 cm³/mol. The van der Waals surface area contributed by atoms with Crippen molar-refractivity contribution in [3.05, 3.63) is 68.6 Å². The lowest BCUT2D eigenvalue weighted by molar-refractivity contribution is -0.146. The van der Waals surface area contributed by atoms with Gasteiger partial charge in [-0.15, -0.1) is 0 Å². The number of fused-ring (bicyclic) bond motifs is 1. The lowest BCUT2D eigenvalue weighted by Gasteiger charge is -2.18. The van der Waals surface area contributed by atoms with Crippen LogP contribution in [0.4, 0.5) is 0 Å². The summed E-state index contributed by atoms with van der Waals surface area (Å²) in [5.41, 5.74) is 1.59. The normalized spacial score (nSPS) is 12.0. The predicted octanol–water partition coefficient (Wildman–Crippen LogP) is 4.12. The summed E-state index contributed by atoms with van der Waals surface area (Å²) in [6, 6.07) is 11.1. The van der Waals surface area contributed by atoms with Gasteiger partial charge in [0.1, 0.15) is 6.04 Å². The Hall–Kier alpha value is -2.42. The summed E-state index contributed by atoms with van der Waals surface area (Å²) >= 11 is 13.5. The molecule has 0 bridgehead atoms. The average Bonchev–Trinajstić information content (AvgIpc) is 3.08. The van der Waals surface area contributed by atoms with E-state index in [-0.39, 0.29) is 22.9 Å². The number of thioether (sulfide) groups is 1. The summed E-state index contributed by atoms with van der Waals surface area (Å²) < 4.78 is 7.00. The van der Waals surface area contributed by atoms with E-state index in [0.29, 0.717) is 30.2 Å². The van der Waals surface area contributed by atoms with Crippen molar-refractivity contribution in [2.24, 2.45) is 0 Å². The number of hydrogen-bond acceptors (Lipinski definition) is 5. The van der Waals surface area contributed by atoms with Gasteiger partial charge in [-0.3, -0.25) is 9.36 Å². The molecular formula is C22H23Cl2N3O4S. The van der Waals surface area contributed by atoms with Crippen molar-refractivity contribution >= 4 is 57.9 Å². The van der Waals surface area contributed by atoms with Crippen molar-refractivity contribution in [2.75, 3.05) is 18.6 Å². The van der Waals surface area contributed by atoms with E-state index < -0.39 is 17.9 Å². The van der Waals surface area contributed by atoms with E-state index in [2.05, 4.69) is 10.3 Å². The highest BCUT2D eigenvalue weighted by molar-refractivity contribution is 7.98. The molecule has 3 aromatic rings. The average molecular weight is 496 g/mol. The van der Waals surface area contributed by atoms with Gasteiger partial charge in [0.05, 0.1) is 28.2 Å². The van der Waals surface area contributed by atoms with E-state index in [1.54, 1.807) is 22.4 Å². The van der Waals surface area contributed by atoms with Gasteiger partial charge in [-0.05, 0) is 55.2 Å². The summed E-state index contributed by atoms with van der Waals surface area (Å²) in [6.45, 7) is 0.524. The van der Waals surface area contributed by atoms with Crippen molar-refractivity contribution in [2.45, 2.75) is 25.4 Å². The molecule has 0 aliphatic heterocycles. The third-order valence-electron chi connectivity index (χ3n) is 4.83. The monoisotopic (exact) mass is 495 g/mol. The number of esters is 1. The van der Waals surface area contributed by atoms with Crippen LogP contribution in [0, 0.1) is 0 Å². The van der Waals surface area contributed by atoms with Gasteiger partial charge >= 0.3 is 11.7 Å². The van der Waals surface area contributed by atoms with Gasteiger partial charge in [0.15, 0.2) is 0 Å². The number of aromatic nitrogens is 2. The number of carbonyl (C=O) groups excluding carboxylic acids is 2. The smallest absolute Gasteiger partial charge is 0.328 e. The molecule has 1 amide bonds. The summed E-state index contributed by atoms with van der Waals surface area (Å²) in [4.78, 5) is 40.2. The Morgan fingerprint density at radius 3 is 2.75 bits per heavy atom. The van der Waals surface area contributed by atoms with Crippen LogP contribution >= 0.6 is 35.0 Å². The minimum absolute atomic E-state index is 0.123. The number of carbonyl (C=O) groups is 2. The fourth-order valence-corrected chi connectivity index (χ4v) is 4.18. The van der Waals surface area contributed by atoms with E-state index >= 15 is 0 Å². The second-order valence-electron chi connectivity index (χ2n) is 7.05. The lowest BCUT2D eigenvalue weighted by atomic mass is 10.1. The molecule has 1 aromatic heterocycles. The molecule has 0 fully saturated rings. The summed E-state index contributed by atoms with van der Waals surface area (Å²) in [6.07, 6.45) is 2.79. The number of aryl methyl sites for hydroxylation is 1. The number of ether oxygens (including phenoxy) is 1. The number of nitrogens with one attached hydrogen (secondary N) is 2. The number of H-pyrrole nitrogens is 1. The highest BCUT2D eigenvalue weighted by atomic mass is 35.5. The molecule has 0 saturated carbocycles. The molecule has 0 unspecified atom stereocenters. The molecular weight excluding hydrogens is 473 g/mol. The first-order chi connectivity index (χ1) is 15.4. The summed E-state index contributed by atoms with van der Waals surface area (Å²) in [5.74, 6) is -0.331. The van der Waals surface area contributed by atoms with E-state index in [9.17, 15) is 14.4 Å². The molecule has 1 atom stereocenters. The van der Waals surface area contributed by atoms with Crippen molar-refractivity contribution in [3.63, 3.8) is 0 Å². The van der Waals surface area contributed by atoms with Gasteiger partial charge in [-0.2, -0.15) is 11.8 Å². The van der Waals surface area contributed by atoms with Crippen LogP contribution in [0.1, 0.15) is 23.2 Å². The molecule has 0 saturated heterocycles. The molecule has 1 heterocycles. The number of benzene rings is 2. The first-order valence-corrected chi connectivity index (χ1v) is 12.1. The molecule has 0 spiro atoms. The number of aromatic amines is 1. The Kier molecular flexibility index (Phi) is 8.67. The van der Waals surface area contributed by atoms with Crippen LogP contribution in [0.25, 0.3) is 11.0 Å². The van der Waals surface area contributed by atoms with Crippen molar-refractivity contribution in [3.8, 4) is 0 Å². The maximum Gasteiger partial charge on any atom is 0.328 e. The van der Waals surface area contributed by atoms with E-state index in [0.717, 1.165) is 11.0 Å². The maximum atomic E-state index is 12.6. The van der Waals surface area contributed by atoms with Crippen LogP contribution < -0.4 is 11.0 Å². The maximum absolute atomic E-state index is 12.6. The topological polar surface area (TPSA) is 93.2 Å². The Morgan fingerprint density at radius 2 is 2.00 bits per heavy atom. The number of nitrogens with zero attached hydrogens (tertiary/aromatic N) is 1. The Balaban J connectivity index is 1.57. The Bertz CT molecular complexity index is 1160. The molecule has 3 rings (SSSR count). The van der Waals surface area contributed by atoms with E-state index in [1.165, 1.54) is 12.1 Å². The minimum Gasteiger partial charge on any atom is -0.464 e. The first-order valence-electron chi connectivity index (χ1n) is 9.99. The van der Waals surface area contributed by atoms with Gasteiger partial charge in [0.25, 0.3) is 5.91 Å². The second-order valence-corrected chi connectivity index (χ2v) is 8.88. The van der Waals surface area contributed by atoms with Crippen LogP contribution in [0.5, 0.6) is 0 Å². The number of halogens is 2. The van der Waals surface area contributed by atoms with Gasteiger partial charge < -0.3 is 15.0 Å². The molecule has 10 heteroatoms. The third kappa shape index (κ3) is 6.09. The molecule has 0 aliphatic rings. The van der Waals surface area contributed by atoms with Crippen LogP contribution in [-0.4, -0.2) is 46.1 Å². The molecule has 32 heavy (non-hydrogen) atoms. The van der Waals surface area contributed by atoms with E-state index in [1.807, 2.05) is 30.5 Å². The zero-order valence-electron chi connectivity index (χ0n) is 17.4. The lowest BCUT2D eigenvalue weighted by Crippen LogP contribution is -2.42. The van der Waals surface area contributed by atoms with Crippen molar-refractivity contribution in [1.82, 2.24) is 14.9 Å². The third-order valence-corrected chi connectivity index (χ3v) is 6.02. The molecule has 0 aliphatic carbocycles. The number of rotatable bonds is 10. The van der Waals surface area contributed by atoms with Crippen molar-refractivity contribution < 1.29 is 14.3 Å². The Labute approximate surface area is 199 Å². The first kappa shape index (κ1) is 24.2. The standard InChI is InChI=1S/C22H23Cl2N3O4S/c1-32-12-9-18(25-20(28)15-8-7-14(23)13-16(15)24)21(29)31-11-4-10-27-19-6-3-2-5-17(19)26-22(27)30/h2-3,5-8,13,18H,4,9-12H2,1H3,(H,25,28)(H,26,30)/t18-/m1/s1. The SMILES string of the molecule is CSCC[C@@H](NC(=O)c1ccc(Cl)cc1Cl)C(=O)OCCCn1c(=O)[nH]c2ccccc21. The number of para-hydroxylation sites is 2. The van der Waals surface area contributed by atoms with Gasteiger partial charge in [0.2, 0.25) is 0 Å². The zero-order valence-corrected chi connectivity index (χ0v) is 19.7. The summed E-state index contributed by atoms with van der Waals surface area (Å²) in [5, 5.41) is 3.32. The summed E-state index contributed by atoms with van der Waals surface area (Å²) in [7, 11) is 0. The molecule has 2 aromatic carbocycles. The largest absolute Gasteiger partial charge is 0.464 e. The zero-order chi connectivity index (χ0) is 23.1. The fraction of sp³-hybridized carbons (Fsp3) is 0.318. The van der Waals surface area contributed by atoms with Gasteiger partial charge in [0, 0.05) is 11.6 Å². The molecule has 2 N–H and O–H groups in total. The Morgan fingerprint density at radius 1 is 1.22 bits per heavy atom. The number of hydrogen-bond donors (Lipinski definition) is 2. The van der Waals surface area contributed by atoms with Gasteiger partial charge in [-0.1, -0.05) is 35.3 Å². The van der Waals surface area contributed by atoms with Crippen LogP contribution in [0.15, 0.2) is 47.3 Å². The highest BCUT2D eigenvalue weighted by Gasteiger charge is 2.23. The minimum atomic E-state index is -0.808. The van der Waals surface area contributed by atoms with Gasteiger partial charge in [-0.25, -0.2) is 9.59 Å². The second kappa shape index (κ2) is 11.4. The van der Waals surface area contributed by atoms with E-state index in [4.69, 9.17) is 27.9 Å². The van der Waals surface area contributed by atoms with Crippen molar-refractivity contribution in [1.29, 1.82) is 0 Å². The number of amides is 1. The van der Waals surface area contributed by atoms with Crippen LogP contribution in [-0.2, 0) is 16.1 Å². The van der Waals surface area contributed by atoms with Crippen LogP contribution in [0.3, 0.4) is 0 Å². The quantitative estimate of drug-likeness (QED) is 0.326. The number of imidazole rings is 1. The molecule has 7 nitrogen and oxygen atoms in total. The molecule has 170 valence electrons. The fourth-order valence-electron chi connectivity index (χ4n) is 3.22. The highest BCUT2D eigenvalue weighted by Crippen LogP contribution is 2.21. The van der Waals surface area contributed by atoms with Crippen LogP contribution in [0.2, 0.25) is 10.0 Å².